The summed E-state index contributed by atoms with van der Waals surface area (Å²) in [7, 11) is 0. The third-order valence-corrected chi connectivity index (χ3v) is 3.29. The molecule has 2 N–H and O–H groups in total. The van der Waals surface area contributed by atoms with Crippen LogP contribution in [0.15, 0.2) is 24.8 Å². The van der Waals surface area contributed by atoms with Crippen molar-refractivity contribution in [2.45, 2.75) is 19.9 Å². The summed E-state index contributed by atoms with van der Waals surface area (Å²) in [6, 6.07) is 1.70. The van der Waals surface area contributed by atoms with Gasteiger partial charge in [0.15, 0.2) is 0 Å². The lowest BCUT2D eigenvalue weighted by atomic mass is 10.4. The van der Waals surface area contributed by atoms with Gasteiger partial charge in [-0.1, -0.05) is 23.2 Å². The highest BCUT2D eigenvalue weighted by Gasteiger charge is 2.08. The van der Waals surface area contributed by atoms with Crippen molar-refractivity contribution in [2.75, 3.05) is 23.7 Å². The second-order valence-electron chi connectivity index (χ2n) is 4.26. The third kappa shape index (κ3) is 4.02. The monoisotopic (exact) mass is 313 g/mol. The van der Waals surface area contributed by atoms with Gasteiger partial charge in [-0.2, -0.15) is 0 Å². The van der Waals surface area contributed by atoms with Crippen LogP contribution < -0.4 is 10.6 Å². The minimum atomic E-state index is 0.527. The van der Waals surface area contributed by atoms with E-state index in [4.69, 9.17) is 23.2 Å². The summed E-state index contributed by atoms with van der Waals surface area (Å²) in [5.41, 5.74) is 0. The van der Waals surface area contributed by atoms with Gasteiger partial charge < -0.3 is 15.2 Å². The minimum absolute atomic E-state index is 0.527. The van der Waals surface area contributed by atoms with Crippen molar-refractivity contribution in [1.82, 2.24) is 14.5 Å². The Balaban J connectivity index is 1.89. The standard InChI is InChI=1S/C13H17Cl2N5/c1-2-17-12-10(14)8-11(15)13(19-12)18-4-3-6-20-7-5-16-9-20/h5,7-9H,2-4,6H2,1H3,(H2,17,18,19). The Kier molecular flexibility index (Phi) is 5.49. The van der Waals surface area contributed by atoms with E-state index in [0.717, 1.165) is 26.1 Å². The third-order valence-electron chi connectivity index (χ3n) is 2.72. The lowest BCUT2D eigenvalue weighted by Gasteiger charge is -2.11. The molecule has 0 aromatic carbocycles. The maximum absolute atomic E-state index is 6.13. The van der Waals surface area contributed by atoms with Crippen LogP contribution in [0.4, 0.5) is 11.6 Å². The van der Waals surface area contributed by atoms with E-state index in [1.54, 1.807) is 18.6 Å². The highest BCUT2D eigenvalue weighted by molar-refractivity contribution is 6.37. The number of nitrogens with one attached hydrogen (secondary N) is 2. The molecule has 0 aliphatic carbocycles. The van der Waals surface area contributed by atoms with Crippen molar-refractivity contribution < 1.29 is 0 Å². The molecule has 2 aromatic heterocycles. The molecule has 2 heterocycles. The number of hydrogen-bond acceptors (Lipinski definition) is 4. The molecule has 0 amide bonds. The van der Waals surface area contributed by atoms with Gasteiger partial charge in [0.25, 0.3) is 0 Å². The first-order valence-electron chi connectivity index (χ1n) is 6.50. The molecular formula is C13H17Cl2N5. The Bertz CT molecular complexity index is 542. The Morgan fingerprint density at radius 3 is 2.60 bits per heavy atom. The highest BCUT2D eigenvalue weighted by Crippen LogP contribution is 2.29. The van der Waals surface area contributed by atoms with Crippen LogP contribution in [0.1, 0.15) is 13.3 Å². The number of nitrogens with zero attached hydrogens (tertiary/aromatic N) is 3. The topological polar surface area (TPSA) is 54.8 Å². The fraction of sp³-hybridized carbons (Fsp3) is 0.385. The molecule has 108 valence electrons. The van der Waals surface area contributed by atoms with Crippen molar-refractivity contribution in [3.8, 4) is 0 Å². The first kappa shape index (κ1) is 14.9. The molecule has 0 saturated carbocycles. The number of aryl methyl sites for hydroxylation is 1. The number of hydrogen-bond donors (Lipinski definition) is 2. The fourth-order valence-corrected chi connectivity index (χ4v) is 2.26. The van der Waals surface area contributed by atoms with Gasteiger partial charge >= 0.3 is 0 Å². The smallest absolute Gasteiger partial charge is 0.147 e. The lowest BCUT2D eigenvalue weighted by molar-refractivity contribution is 0.660. The predicted octanol–water partition coefficient (Wildman–Crippen LogP) is 3.52. The van der Waals surface area contributed by atoms with E-state index in [2.05, 4.69) is 20.6 Å². The summed E-state index contributed by atoms with van der Waals surface area (Å²) in [4.78, 5) is 8.39. The lowest BCUT2D eigenvalue weighted by Crippen LogP contribution is -2.09. The molecule has 0 spiro atoms. The molecule has 0 saturated heterocycles. The molecule has 0 bridgehead atoms. The van der Waals surface area contributed by atoms with Crippen LogP contribution in [0, 0.1) is 0 Å². The van der Waals surface area contributed by atoms with E-state index < -0.39 is 0 Å². The first-order chi connectivity index (χ1) is 9.70. The van der Waals surface area contributed by atoms with Gasteiger partial charge in [-0.3, -0.25) is 0 Å². The molecule has 20 heavy (non-hydrogen) atoms. The second kappa shape index (κ2) is 7.36. The van der Waals surface area contributed by atoms with Gasteiger partial charge in [0.1, 0.15) is 11.6 Å². The Morgan fingerprint density at radius 2 is 1.95 bits per heavy atom. The van der Waals surface area contributed by atoms with Crippen LogP contribution in [-0.2, 0) is 6.54 Å². The summed E-state index contributed by atoms with van der Waals surface area (Å²) >= 11 is 12.2. The zero-order chi connectivity index (χ0) is 14.4. The summed E-state index contributed by atoms with van der Waals surface area (Å²) in [5.74, 6) is 1.30. The van der Waals surface area contributed by atoms with Crippen molar-refractivity contribution in [1.29, 1.82) is 0 Å². The summed E-state index contributed by atoms with van der Waals surface area (Å²) in [6.07, 6.45) is 6.47. The van der Waals surface area contributed by atoms with Crippen molar-refractivity contribution in [3.63, 3.8) is 0 Å². The van der Waals surface area contributed by atoms with Crippen molar-refractivity contribution >= 4 is 34.8 Å². The van der Waals surface area contributed by atoms with E-state index >= 15 is 0 Å². The number of pyridine rings is 1. The van der Waals surface area contributed by atoms with Gasteiger partial charge in [-0.05, 0) is 19.4 Å². The average molecular weight is 314 g/mol. The zero-order valence-corrected chi connectivity index (χ0v) is 12.7. The molecule has 2 aromatic rings. The van der Waals surface area contributed by atoms with E-state index in [9.17, 15) is 0 Å². The van der Waals surface area contributed by atoms with E-state index in [1.807, 2.05) is 17.7 Å². The number of halogens is 2. The fourth-order valence-electron chi connectivity index (χ4n) is 1.77. The quantitative estimate of drug-likeness (QED) is 0.768. The van der Waals surface area contributed by atoms with Crippen LogP contribution in [0.3, 0.4) is 0 Å². The molecule has 0 unspecified atom stereocenters. The molecule has 0 radical (unpaired) electrons. The summed E-state index contributed by atoms with van der Waals surface area (Å²) in [5, 5.41) is 7.38. The van der Waals surface area contributed by atoms with Gasteiger partial charge in [-0.15, -0.1) is 0 Å². The van der Waals surface area contributed by atoms with E-state index in [1.165, 1.54) is 0 Å². The van der Waals surface area contributed by atoms with Crippen LogP contribution in [0.2, 0.25) is 10.0 Å². The number of rotatable bonds is 7. The molecular weight excluding hydrogens is 297 g/mol. The molecule has 0 aliphatic rings. The molecule has 0 fully saturated rings. The largest absolute Gasteiger partial charge is 0.369 e. The maximum Gasteiger partial charge on any atom is 0.147 e. The van der Waals surface area contributed by atoms with Crippen molar-refractivity contribution in [3.05, 3.63) is 34.8 Å². The first-order valence-corrected chi connectivity index (χ1v) is 7.26. The van der Waals surface area contributed by atoms with E-state index in [0.29, 0.717) is 21.7 Å². The van der Waals surface area contributed by atoms with Crippen LogP contribution in [-0.4, -0.2) is 27.6 Å². The Hall–Kier alpha value is -1.46. The van der Waals surface area contributed by atoms with Crippen molar-refractivity contribution in [2.24, 2.45) is 0 Å². The molecule has 0 aliphatic heterocycles. The summed E-state index contributed by atoms with van der Waals surface area (Å²) in [6.45, 7) is 4.43. The maximum atomic E-state index is 6.13. The van der Waals surface area contributed by atoms with E-state index in [-0.39, 0.29) is 0 Å². The Morgan fingerprint density at radius 1 is 1.20 bits per heavy atom. The SMILES string of the molecule is CCNc1nc(NCCCn2ccnc2)c(Cl)cc1Cl. The highest BCUT2D eigenvalue weighted by atomic mass is 35.5. The summed E-state index contributed by atoms with van der Waals surface area (Å²) < 4.78 is 2.03. The van der Waals surface area contributed by atoms with Gasteiger partial charge in [0, 0.05) is 32.0 Å². The number of imidazole rings is 1. The van der Waals surface area contributed by atoms with Crippen LogP contribution in [0.25, 0.3) is 0 Å². The predicted molar refractivity (Wildman–Crippen MR) is 83.8 cm³/mol. The molecule has 2 rings (SSSR count). The van der Waals surface area contributed by atoms with Crippen LogP contribution >= 0.6 is 23.2 Å². The minimum Gasteiger partial charge on any atom is -0.369 e. The molecule has 5 nitrogen and oxygen atoms in total. The van der Waals surface area contributed by atoms with Crippen LogP contribution in [0.5, 0.6) is 0 Å². The van der Waals surface area contributed by atoms with Gasteiger partial charge in [0.05, 0.1) is 16.4 Å². The number of anilines is 2. The van der Waals surface area contributed by atoms with Gasteiger partial charge in [0.2, 0.25) is 0 Å². The molecule has 0 atom stereocenters. The average Bonchev–Trinajstić information content (AvgIpc) is 2.92. The Labute approximate surface area is 128 Å². The normalized spacial score (nSPS) is 10.6. The van der Waals surface area contributed by atoms with Gasteiger partial charge in [-0.25, -0.2) is 9.97 Å². The zero-order valence-electron chi connectivity index (χ0n) is 11.2. The number of aromatic nitrogens is 3. The second-order valence-corrected chi connectivity index (χ2v) is 5.07. The molecule has 7 heteroatoms.